The molecule has 1 heterocycles. The van der Waals surface area contributed by atoms with E-state index >= 15 is 0 Å². The molecule has 0 amide bonds. The molecule has 1 N–H and O–H groups in total. The van der Waals surface area contributed by atoms with E-state index in [4.69, 9.17) is 4.74 Å². The van der Waals surface area contributed by atoms with Crippen LogP contribution in [0.3, 0.4) is 0 Å². The number of nitrogens with one attached hydrogen (secondary N) is 1. The number of hydrogen-bond donors (Lipinski definition) is 1. The molecule has 70 valence electrons. The van der Waals surface area contributed by atoms with Crippen molar-refractivity contribution in [2.75, 3.05) is 13.7 Å². The first kappa shape index (κ1) is 8.73. The minimum atomic E-state index is -0.0960. The summed E-state index contributed by atoms with van der Waals surface area (Å²) in [5, 5.41) is 3.32. The summed E-state index contributed by atoms with van der Waals surface area (Å²) < 4.78 is 5.61. The smallest absolute Gasteiger partial charge is 0.120 e. The van der Waals surface area contributed by atoms with E-state index < -0.39 is 0 Å². The van der Waals surface area contributed by atoms with E-state index in [9.17, 15) is 0 Å². The van der Waals surface area contributed by atoms with E-state index in [1.165, 1.54) is 5.56 Å². The molecule has 0 radical (unpaired) electrons. The fourth-order valence-electron chi connectivity index (χ4n) is 1.93. The molecular formula is C11H15NO. The van der Waals surface area contributed by atoms with Crippen LogP contribution in [0.15, 0.2) is 30.3 Å². The van der Waals surface area contributed by atoms with Gasteiger partial charge in [0.25, 0.3) is 0 Å². The monoisotopic (exact) mass is 177 g/mol. The second kappa shape index (κ2) is 3.13. The van der Waals surface area contributed by atoms with Crippen molar-refractivity contribution in [3.63, 3.8) is 0 Å². The number of ether oxygens (including phenoxy) is 1. The maximum atomic E-state index is 5.61. The Hall–Kier alpha value is -0.860. The standard InChI is InChI=1S/C11H15NO/c1-9-11(13-2,8-12-9)10-6-4-3-5-7-10/h3-7,9,12H,8H2,1-2H3. The lowest BCUT2D eigenvalue weighted by Gasteiger charge is -2.48. The SMILES string of the molecule is COC1(c2ccccc2)CNC1C. The Bertz CT molecular complexity index is 281. The van der Waals surface area contributed by atoms with E-state index in [-0.39, 0.29) is 5.60 Å². The quantitative estimate of drug-likeness (QED) is 0.739. The molecule has 1 saturated heterocycles. The molecule has 1 aliphatic heterocycles. The summed E-state index contributed by atoms with van der Waals surface area (Å²) in [6, 6.07) is 10.8. The minimum Gasteiger partial charge on any atom is -0.371 e. The van der Waals surface area contributed by atoms with Crippen LogP contribution in [0, 0.1) is 0 Å². The van der Waals surface area contributed by atoms with Crippen molar-refractivity contribution in [3.8, 4) is 0 Å². The number of rotatable bonds is 2. The topological polar surface area (TPSA) is 21.3 Å². The fraction of sp³-hybridized carbons (Fsp3) is 0.455. The summed E-state index contributed by atoms with van der Waals surface area (Å²) in [6.45, 7) is 3.06. The average Bonchev–Trinajstić information content (AvgIpc) is 2.19. The van der Waals surface area contributed by atoms with E-state index in [2.05, 4.69) is 36.5 Å². The Morgan fingerprint density at radius 3 is 2.46 bits per heavy atom. The van der Waals surface area contributed by atoms with E-state index in [1.807, 2.05) is 6.07 Å². The molecular weight excluding hydrogens is 162 g/mol. The second-order valence-corrected chi connectivity index (χ2v) is 3.56. The zero-order valence-electron chi connectivity index (χ0n) is 8.08. The Morgan fingerprint density at radius 1 is 1.38 bits per heavy atom. The van der Waals surface area contributed by atoms with Gasteiger partial charge in [0.1, 0.15) is 5.60 Å². The minimum absolute atomic E-state index is 0.0960. The number of methoxy groups -OCH3 is 1. The van der Waals surface area contributed by atoms with Gasteiger partial charge in [0.2, 0.25) is 0 Å². The van der Waals surface area contributed by atoms with Crippen molar-refractivity contribution in [2.45, 2.75) is 18.6 Å². The predicted octanol–water partition coefficient (Wildman–Crippen LogP) is 1.52. The van der Waals surface area contributed by atoms with Crippen molar-refractivity contribution in [3.05, 3.63) is 35.9 Å². The van der Waals surface area contributed by atoms with Crippen molar-refractivity contribution in [1.82, 2.24) is 5.32 Å². The normalized spacial score (nSPS) is 32.6. The summed E-state index contributed by atoms with van der Waals surface area (Å²) in [6.07, 6.45) is 0. The Kier molecular flexibility index (Phi) is 2.10. The molecule has 1 aliphatic rings. The fourth-order valence-corrected chi connectivity index (χ4v) is 1.93. The zero-order valence-corrected chi connectivity index (χ0v) is 8.08. The Balaban J connectivity index is 2.33. The highest BCUT2D eigenvalue weighted by molar-refractivity contribution is 5.28. The highest BCUT2D eigenvalue weighted by Gasteiger charge is 2.45. The summed E-state index contributed by atoms with van der Waals surface area (Å²) >= 11 is 0. The molecule has 2 nitrogen and oxygen atoms in total. The van der Waals surface area contributed by atoms with Crippen molar-refractivity contribution in [1.29, 1.82) is 0 Å². The Labute approximate surface area is 78.9 Å². The van der Waals surface area contributed by atoms with Crippen molar-refractivity contribution in [2.24, 2.45) is 0 Å². The number of benzene rings is 1. The molecule has 13 heavy (non-hydrogen) atoms. The zero-order chi connectivity index (χ0) is 9.31. The first-order valence-corrected chi connectivity index (χ1v) is 4.63. The van der Waals surface area contributed by atoms with Gasteiger partial charge in [-0.3, -0.25) is 0 Å². The average molecular weight is 177 g/mol. The lowest BCUT2D eigenvalue weighted by atomic mass is 9.80. The third-order valence-corrected chi connectivity index (χ3v) is 3.00. The van der Waals surface area contributed by atoms with Crippen molar-refractivity contribution >= 4 is 0 Å². The van der Waals surface area contributed by atoms with Gasteiger partial charge in [-0.25, -0.2) is 0 Å². The van der Waals surface area contributed by atoms with Crippen LogP contribution < -0.4 is 5.32 Å². The van der Waals surface area contributed by atoms with Gasteiger partial charge < -0.3 is 10.1 Å². The van der Waals surface area contributed by atoms with E-state index in [0.29, 0.717) is 6.04 Å². The van der Waals surface area contributed by atoms with Crippen LogP contribution >= 0.6 is 0 Å². The lowest BCUT2D eigenvalue weighted by molar-refractivity contribution is -0.0921. The van der Waals surface area contributed by atoms with Crippen LogP contribution in [0.25, 0.3) is 0 Å². The van der Waals surface area contributed by atoms with Gasteiger partial charge in [-0.1, -0.05) is 30.3 Å². The molecule has 1 aromatic carbocycles. The van der Waals surface area contributed by atoms with Crippen molar-refractivity contribution < 1.29 is 4.74 Å². The van der Waals surface area contributed by atoms with Crippen LogP contribution in [0.4, 0.5) is 0 Å². The number of hydrogen-bond acceptors (Lipinski definition) is 2. The molecule has 2 atom stereocenters. The first-order valence-electron chi connectivity index (χ1n) is 4.63. The molecule has 1 fully saturated rings. The highest BCUT2D eigenvalue weighted by Crippen LogP contribution is 2.34. The summed E-state index contributed by atoms with van der Waals surface area (Å²) in [7, 11) is 1.78. The van der Waals surface area contributed by atoms with Gasteiger partial charge in [-0.15, -0.1) is 0 Å². The first-order chi connectivity index (χ1) is 6.29. The van der Waals surface area contributed by atoms with Crippen LogP contribution in [0.1, 0.15) is 12.5 Å². The largest absolute Gasteiger partial charge is 0.371 e. The molecule has 0 aromatic heterocycles. The maximum absolute atomic E-state index is 5.61. The van der Waals surface area contributed by atoms with Gasteiger partial charge in [-0.2, -0.15) is 0 Å². The van der Waals surface area contributed by atoms with Gasteiger partial charge in [0.15, 0.2) is 0 Å². The molecule has 2 rings (SSSR count). The van der Waals surface area contributed by atoms with Gasteiger partial charge in [0.05, 0.1) is 0 Å². The third kappa shape index (κ3) is 1.18. The molecule has 0 saturated carbocycles. The molecule has 1 aromatic rings. The molecule has 0 spiro atoms. The molecule has 0 bridgehead atoms. The summed E-state index contributed by atoms with van der Waals surface area (Å²) in [4.78, 5) is 0. The summed E-state index contributed by atoms with van der Waals surface area (Å²) in [5.41, 5.74) is 1.17. The van der Waals surface area contributed by atoms with Gasteiger partial charge in [-0.05, 0) is 12.5 Å². The predicted molar refractivity (Wildman–Crippen MR) is 52.6 cm³/mol. The van der Waals surface area contributed by atoms with Crippen LogP contribution in [-0.4, -0.2) is 19.7 Å². The van der Waals surface area contributed by atoms with E-state index in [0.717, 1.165) is 6.54 Å². The summed E-state index contributed by atoms with van der Waals surface area (Å²) in [5.74, 6) is 0. The molecule has 2 heteroatoms. The second-order valence-electron chi connectivity index (χ2n) is 3.56. The van der Waals surface area contributed by atoms with Gasteiger partial charge in [0, 0.05) is 19.7 Å². The Morgan fingerprint density at radius 2 is 2.08 bits per heavy atom. The van der Waals surface area contributed by atoms with Crippen LogP contribution in [0.5, 0.6) is 0 Å². The van der Waals surface area contributed by atoms with Crippen LogP contribution in [-0.2, 0) is 10.3 Å². The maximum Gasteiger partial charge on any atom is 0.120 e. The molecule has 2 unspecified atom stereocenters. The van der Waals surface area contributed by atoms with Gasteiger partial charge >= 0.3 is 0 Å². The lowest BCUT2D eigenvalue weighted by Crippen LogP contribution is -2.64. The van der Waals surface area contributed by atoms with E-state index in [1.54, 1.807) is 7.11 Å². The third-order valence-electron chi connectivity index (χ3n) is 3.00. The molecule has 0 aliphatic carbocycles. The highest BCUT2D eigenvalue weighted by atomic mass is 16.5. The van der Waals surface area contributed by atoms with Crippen LogP contribution in [0.2, 0.25) is 0 Å².